The molecule has 0 aliphatic carbocycles. The first-order chi connectivity index (χ1) is 15.5. The maximum atomic E-state index is 13.4. The Kier molecular flexibility index (Phi) is 6.67. The van der Waals surface area contributed by atoms with Gasteiger partial charge in [-0.2, -0.15) is 0 Å². The van der Waals surface area contributed by atoms with Gasteiger partial charge in [0.1, 0.15) is 0 Å². The SMILES string of the molecule is CCOC(=O)C1=C(C)N=c2sc(=C/C=C/c3ccc(Br)cc3)c(=O)n2[C@H]1c1ccccc1. The third-order valence-corrected chi connectivity index (χ3v) is 6.57. The van der Waals surface area contributed by atoms with Crippen LogP contribution in [-0.2, 0) is 9.53 Å². The number of aromatic nitrogens is 1. The lowest BCUT2D eigenvalue weighted by molar-refractivity contribution is -0.139. The largest absolute Gasteiger partial charge is 0.463 e. The summed E-state index contributed by atoms with van der Waals surface area (Å²) in [6, 6.07) is 16.8. The fourth-order valence-electron chi connectivity index (χ4n) is 3.58. The molecule has 162 valence electrons. The minimum Gasteiger partial charge on any atom is -0.463 e. The van der Waals surface area contributed by atoms with Gasteiger partial charge in [0.25, 0.3) is 5.56 Å². The number of nitrogens with zero attached hydrogens (tertiary/aromatic N) is 2. The molecule has 0 fully saturated rings. The van der Waals surface area contributed by atoms with Crippen LogP contribution in [-0.4, -0.2) is 17.1 Å². The topological polar surface area (TPSA) is 60.7 Å². The van der Waals surface area contributed by atoms with Crippen molar-refractivity contribution in [1.29, 1.82) is 0 Å². The Balaban J connectivity index is 1.83. The number of esters is 1. The highest BCUT2D eigenvalue weighted by molar-refractivity contribution is 9.10. The second kappa shape index (κ2) is 9.63. The number of carbonyl (C=O) groups is 1. The normalized spacial score (nSPS) is 16.2. The summed E-state index contributed by atoms with van der Waals surface area (Å²) in [6.45, 7) is 3.80. The molecular weight excluding hydrogens is 488 g/mol. The smallest absolute Gasteiger partial charge is 0.338 e. The molecule has 2 aromatic carbocycles. The molecule has 32 heavy (non-hydrogen) atoms. The van der Waals surface area contributed by atoms with Gasteiger partial charge >= 0.3 is 5.97 Å². The molecule has 1 aliphatic heterocycles. The molecule has 0 radical (unpaired) electrons. The van der Waals surface area contributed by atoms with Gasteiger partial charge in [-0.15, -0.1) is 0 Å². The summed E-state index contributed by atoms with van der Waals surface area (Å²) in [4.78, 5) is 31.3. The van der Waals surface area contributed by atoms with Crippen LogP contribution in [0.2, 0.25) is 0 Å². The zero-order valence-electron chi connectivity index (χ0n) is 17.6. The minimum absolute atomic E-state index is 0.183. The lowest BCUT2D eigenvalue weighted by Gasteiger charge is -2.24. The molecule has 0 N–H and O–H groups in total. The van der Waals surface area contributed by atoms with Crippen LogP contribution in [0.15, 0.2) is 86.2 Å². The summed E-state index contributed by atoms with van der Waals surface area (Å²) in [5.41, 5.74) is 2.64. The molecule has 1 aromatic heterocycles. The van der Waals surface area contributed by atoms with E-state index in [-0.39, 0.29) is 12.2 Å². The predicted molar refractivity (Wildman–Crippen MR) is 131 cm³/mol. The lowest BCUT2D eigenvalue weighted by atomic mass is 9.96. The standard InChI is InChI=1S/C25H21BrN2O3S/c1-3-31-24(30)21-16(2)27-25-28(22(21)18-9-5-4-6-10-18)23(29)20(32-25)11-7-8-17-12-14-19(26)15-13-17/h4-15,22H,3H2,1-2H3/b8-7+,20-11?/t22-/m0/s1. The van der Waals surface area contributed by atoms with Crippen molar-refractivity contribution in [2.24, 2.45) is 4.99 Å². The van der Waals surface area contributed by atoms with Crippen molar-refractivity contribution in [2.75, 3.05) is 6.61 Å². The van der Waals surface area contributed by atoms with E-state index in [1.807, 2.05) is 66.7 Å². The molecule has 2 heterocycles. The van der Waals surface area contributed by atoms with Gasteiger partial charge in [0.15, 0.2) is 4.80 Å². The number of thiazole rings is 1. The van der Waals surface area contributed by atoms with Gasteiger partial charge in [-0.3, -0.25) is 9.36 Å². The Morgan fingerprint density at radius 2 is 1.91 bits per heavy atom. The van der Waals surface area contributed by atoms with Gasteiger partial charge in [-0.1, -0.05) is 81.9 Å². The molecule has 0 saturated carbocycles. The maximum Gasteiger partial charge on any atom is 0.338 e. The van der Waals surface area contributed by atoms with Crippen LogP contribution in [0, 0.1) is 0 Å². The fourth-order valence-corrected chi connectivity index (χ4v) is 4.84. The highest BCUT2D eigenvalue weighted by atomic mass is 79.9. The first-order valence-electron chi connectivity index (χ1n) is 10.2. The summed E-state index contributed by atoms with van der Waals surface area (Å²) in [7, 11) is 0. The molecule has 0 bridgehead atoms. The van der Waals surface area contributed by atoms with Crippen LogP contribution < -0.4 is 14.9 Å². The molecule has 4 rings (SSSR count). The van der Waals surface area contributed by atoms with Crippen LogP contribution in [0.5, 0.6) is 0 Å². The molecular formula is C25H21BrN2O3S. The summed E-state index contributed by atoms with van der Waals surface area (Å²) in [6.07, 6.45) is 5.58. The number of hydrogen-bond acceptors (Lipinski definition) is 5. The number of allylic oxidation sites excluding steroid dienone is 2. The first-order valence-corrected chi connectivity index (χ1v) is 11.8. The van der Waals surface area contributed by atoms with Crippen LogP contribution in [0.4, 0.5) is 0 Å². The quantitative estimate of drug-likeness (QED) is 0.484. The molecule has 0 unspecified atom stereocenters. The fraction of sp³-hybridized carbons (Fsp3) is 0.160. The molecule has 1 atom stereocenters. The summed E-state index contributed by atoms with van der Waals surface area (Å²) in [5, 5.41) is 0. The van der Waals surface area contributed by atoms with Crippen molar-refractivity contribution in [2.45, 2.75) is 19.9 Å². The molecule has 3 aromatic rings. The van der Waals surface area contributed by atoms with Crippen molar-refractivity contribution in [3.8, 4) is 0 Å². The zero-order chi connectivity index (χ0) is 22.7. The van der Waals surface area contributed by atoms with Gasteiger partial charge < -0.3 is 4.74 Å². The van der Waals surface area contributed by atoms with Crippen molar-refractivity contribution in [3.05, 3.63) is 107 Å². The second-order valence-corrected chi connectivity index (χ2v) is 9.07. The van der Waals surface area contributed by atoms with E-state index in [9.17, 15) is 9.59 Å². The zero-order valence-corrected chi connectivity index (χ0v) is 20.0. The molecule has 0 amide bonds. The summed E-state index contributed by atoms with van der Waals surface area (Å²) < 4.78 is 8.45. The number of halogens is 1. The van der Waals surface area contributed by atoms with Gasteiger partial charge in [-0.05, 0) is 43.2 Å². The molecule has 1 aliphatic rings. The van der Waals surface area contributed by atoms with Gasteiger partial charge in [0.2, 0.25) is 0 Å². The van der Waals surface area contributed by atoms with E-state index in [1.165, 1.54) is 11.3 Å². The number of hydrogen-bond donors (Lipinski definition) is 0. The Bertz CT molecular complexity index is 1380. The summed E-state index contributed by atoms with van der Waals surface area (Å²) >= 11 is 4.74. The third-order valence-electron chi connectivity index (χ3n) is 5.04. The van der Waals surface area contributed by atoms with Crippen LogP contribution in [0.1, 0.15) is 31.0 Å². The average Bonchev–Trinajstić information content (AvgIpc) is 3.09. The number of fused-ring (bicyclic) bond motifs is 1. The molecule has 0 spiro atoms. The van der Waals surface area contributed by atoms with E-state index in [1.54, 1.807) is 24.5 Å². The van der Waals surface area contributed by atoms with Gasteiger partial charge in [-0.25, -0.2) is 9.79 Å². The average molecular weight is 509 g/mol. The number of carbonyl (C=O) groups excluding carboxylic acids is 1. The second-order valence-electron chi connectivity index (χ2n) is 7.15. The van der Waals surface area contributed by atoms with E-state index in [0.717, 1.165) is 15.6 Å². The van der Waals surface area contributed by atoms with E-state index >= 15 is 0 Å². The third kappa shape index (κ3) is 4.45. The monoisotopic (exact) mass is 508 g/mol. The number of rotatable bonds is 5. The maximum absolute atomic E-state index is 13.4. The molecule has 0 saturated heterocycles. The molecule has 5 nitrogen and oxygen atoms in total. The predicted octanol–water partition coefficient (Wildman–Crippen LogP) is 4.23. The van der Waals surface area contributed by atoms with Crippen molar-refractivity contribution in [1.82, 2.24) is 4.57 Å². The lowest BCUT2D eigenvalue weighted by Crippen LogP contribution is -2.39. The van der Waals surface area contributed by atoms with Crippen molar-refractivity contribution in [3.63, 3.8) is 0 Å². The Hall–Kier alpha value is -3.03. The summed E-state index contributed by atoms with van der Waals surface area (Å²) in [5.74, 6) is -0.452. The number of ether oxygens (including phenoxy) is 1. The van der Waals surface area contributed by atoms with Crippen molar-refractivity contribution < 1.29 is 9.53 Å². The van der Waals surface area contributed by atoms with E-state index < -0.39 is 12.0 Å². The Labute approximate surface area is 197 Å². The van der Waals surface area contributed by atoms with Crippen LogP contribution >= 0.6 is 27.3 Å². The van der Waals surface area contributed by atoms with Crippen molar-refractivity contribution >= 4 is 45.4 Å². The van der Waals surface area contributed by atoms with Crippen LogP contribution in [0.3, 0.4) is 0 Å². The van der Waals surface area contributed by atoms with Gasteiger partial charge in [0, 0.05) is 4.47 Å². The molecule has 7 heteroatoms. The Morgan fingerprint density at radius 1 is 1.19 bits per heavy atom. The van der Waals surface area contributed by atoms with E-state index in [0.29, 0.717) is 20.6 Å². The highest BCUT2D eigenvalue weighted by Crippen LogP contribution is 2.30. The van der Waals surface area contributed by atoms with E-state index in [4.69, 9.17) is 4.74 Å². The Morgan fingerprint density at radius 3 is 2.59 bits per heavy atom. The number of benzene rings is 2. The van der Waals surface area contributed by atoms with Crippen LogP contribution in [0.25, 0.3) is 12.2 Å². The highest BCUT2D eigenvalue weighted by Gasteiger charge is 2.33. The first kappa shape index (κ1) is 22.2. The van der Waals surface area contributed by atoms with E-state index in [2.05, 4.69) is 20.9 Å². The van der Waals surface area contributed by atoms with Gasteiger partial charge in [0.05, 0.1) is 28.5 Å². The minimum atomic E-state index is -0.580.